The maximum Gasteiger partial charge on any atom is 0.310 e. The summed E-state index contributed by atoms with van der Waals surface area (Å²) in [5.74, 6) is -0.102. The van der Waals surface area contributed by atoms with Gasteiger partial charge in [0, 0.05) is 132 Å². The molecule has 0 saturated carbocycles. The molecule has 2 radical (unpaired) electrons. The number of phenolic OH excluding ortho intramolecular Hbond substituents is 6. The standard InChI is InChI=1S/C15H18O2.C15H20O.C15H18.C14H16O.C13H16O4.C13H16O3.C13H13O3.4CH4.3HI.2Y/c1-10-6-7-14(11(2)8-10)12-4-3-5-13(9-12)15(16)17;1-11-6-7-15(12(2)8-11)14-5-3-4-13(9-14)10-16;1-11-5-4-6-14(10-11)15-8-7-12(2)9-13(15)3;1-10-6-7-14(11(2)8-10)12-4-3-5-13(15)9-12;14-8-13(17)5-1-2-9(7-13)11-4-3-10(15)6-12(11)16;2*14-8-9-2-1-3-10(6-9)12-5-4-11(15)7-13(12)16;;;;;;;;;/h6-9,13H,3-5H2,1-2H3,(H,16,17);6-9,13,16H,3-5,10H2,1-2H3;7-10H,1,4-6H2,2-3H3;6-9H,3-5H2,1-2H3;3-4,6-7,14-17H,1-2,5,8H2;4-7,9,14-16H,1-3,8H2;4-7,9,15-16H,1-3H2;4*1H4;3*1H;;/q;;;;;;-1;;;;;;;;;. The Balaban J connectivity index is 0. The fraction of sp³-hybridized carbons (Fsp3) is 0.402. The Bertz CT molecular complexity index is 4540. The predicted molar refractivity (Wildman–Crippen MR) is 527 cm³/mol. The number of halogens is 3. The summed E-state index contributed by atoms with van der Waals surface area (Å²) >= 11 is 0. The van der Waals surface area contributed by atoms with Crippen LogP contribution in [-0.4, -0.2) is 99.6 Å². The van der Waals surface area contributed by atoms with Crippen LogP contribution in [0.1, 0.15) is 248 Å². The minimum Gasteiger partial charge on any atom is -0.541 e. The normalized spacial score (nSPS) is 18.4. The minimum absolute atomic E-state index is 0. The van der Waals surface area contributed by atoms with Crippen LogP contribution in [0, 0.1) is 79.1 Å². The molecule has 0 bridgehead atoms. The van der Waals surface area contributed by atoms with E-state index in [1.165, 1.54) is 144 Å². The van der Waals surface area contributed by atoms with Crippen LogP contribution >= 0.6 is 71.9 Å². The van der Waals surface area contributed by atoms with Crippen molar-refractivity contribution < 1.29 is 136 Å². The number of hydrogen-bond donors (Lipinski definition) is 11. The molecule has 121 heavy (non-hydrogen) atoms. The molecule has 19 heteroatoms. The monoisotopic (exact) mass is 2140 g/mol. The number of carbonyl (C=O) groups is 2. The van der Waals surface area contributed by atoms with Gasteiger partial charge in [-0.2, -0.15) is 0 Å². The molecule has 0 aromatic heterocycles. The number of benzene rings is 7. The Morgan fingerprint density at radius 1 is 0.405 bits per heavy atom. The fourth-order valence-corrected chi connectivity index (χ4v) is 15.9. The van der Waals surface area contributed by atoms with Gasteiger partial charge in [-0.3, -0.25) is 15.9 Å². The zero-order valence-electron chi connectivity index (χ0n) is 69.2. The van der Waals surface area contributed by atoms with Gasteiger partial charge in [0.05, 0.1) is 12.5 Å². The van der Waals surface area contributed by atoms with E-state index < -0.39 is 11.6 Å². The van der Waals surface area contributed by atoms with E-state index in [0.29, 0.717) is 29.9 Å². The van der Waals surface area contributed by atoms with Gasteiger partial charge in [-0.25, -0.2) is 0 Å². The van der Waals surface area contributed by atoms with E-state index in [1.54, 1.807) is 30.3 Å². The Labute approximate surface area is 825 Å². The molecule has 0 fully saturated rings. The largest absolute Gasteiger partial charge is 0.541 e. The van der Waals surface area contributed by atoms with Crippen molar-refractivity contribution in [1.82, 2.24) is 0 Å². The van der Waals surface area contributed by atoms with Crippen molar-refractivity contribution in [2.75, 3.05) is 19.8 Å². The second kappa shape index (κ2) is 58.6. The summed E-state index contributed by atoms with van der Waals surface area (Å²) in [6.45, 7) is 21.2. The number of hydrogen-bond acceptors (Lipinski definition) is 13. The number of ketones is 1. The number of aliphatic carboxylic acids is 1. The summed E-state index contributed by atoms with van der Waals surface area (Å²) < 4.78 is 0. The molecule has 11 N–H and O–H groups in total. The van der Waals surface area contributed by atoms with Crippen LogP contribution in [0.5, 0.6) is 34.5 Å². The van der Waals surface area contributed by atoms with E-state index in [0.717, 1.165) is 125 Å². The number of phenols is 6. The average molecular weight is 2140 g/mol. The van der Waals surface area contributed by atoms with Crippen molar-refractivity contribution in [2.24, 2.45) is 23.7 Å². The predicted octanol–water partition coefficient (Wildman–Crippen LogP) is 25.4. The zero-order chi connectivity index (χ0) is 81.2. The second-order valence-corrected chi connectivity index (χ2v) is 31.2. The second-order valence-electron chi connectivity index (χ2n) is 31.2. The van der Waals surface area contributed by atoms with Crippen LogP contribution < -0.4 is 0 Å². The molecular weight excluding hydrogens is 2010 g/mol. The number of aliphatic hydroxyl groups is 4. The summed E-state index contributed by atoms with van der Waals surface area (Å²) in [4.78, 5) is 33.0. The van der Waals surface area contributed by atoms with E-state index in [2.05, 4.69) is 147 Å². The maximum absolute atomic E-state index is 11.3. The SMILES string of the molecule is C.C.C.C.C=C1C=C(c2ccc(C)cc2C)CCC1.Cc1ccc(C2=CC(=O)CCC2)c(C)c1.Cc1ccc(C2=CC(C(=O)O)CCC2)c(C)c1.Cc1ccc(C2=CC(CO)CCC2)c(C)c1.I.I.I.O=[C-]C1C=C(c2ccc(O)cc2O)CCC1.OCC1(O)C=C(c2ccc(O)cc2O)CCC1.OCC1C=C(c2ccc(O)cc2O)CCC1.[Y].[Y]. The topological polar surface area (TPSA) is 274 Å². The van der Waals surface area contributed by atoms with Crippen LogP contribution in [-0.2, 0) is 79.8 Å². The maximum atomic E-state index is 11.3. The number of rotatable bonds is 12. The molecule has 5 unspecified atom stereocenters. The Morgan fingerprint density at radius 2 is 0.736 bits per heavy atom. The molecule has 7 aromatic rings. The number of aliphatic hydroxyl groups excluding tert-OH is 3. The smallest absolute Gasteiger partial charge is 0.310 e. The van der Waals surface area contributed by atoms with E-state index in [1.807, 2.05) is 30.6 Å². The molecule has 0 aliphatic heterocycles. The Hall–Kier alpha value is -5.69. The van der Waals surface area contributed by atoms with Crippen LogP contribution in [0.2, 0.25) is 0 Å². The third kappa shape index (κ3) is 36.7. The number of allylic oxidation sites excluding steroid dienone is 11. The van der Waals surface area contributed by atoms with Gasteiger partial charge in [0.15, 0.2) is 5.78 Å². The van der Waals surface area contributed by atoms with Gasteiger partial charge in [0.25, 0.3) is 0 Å². The molecular formula is C102H136I3O14Y2-. The van der Waals surface area contributed by atoms with Crippen molar-refractivity contribution in [3.05, 3.63) is 266 Å². The molecule has 5 atom stereocenters. The number of aryl methyl sites for hydroxylation is 8. The number of carboxylic acid groups (broad SMARTS) is 1. The van der Waals surface area contributed by atoms with Crippen molar-refractivity contribution in [1.29, 1.82) is 0 Å². The molecule has 7 aliphatic rings. The van der Waals surface area contributed by atoms with E-state index in [4.69, 9.17) is 15.3 Å². The van der Waals surface area contributed by atoms with E-state index >= 15 is 0 Å². The minimum atomic E-state index is -1.20. The van der Waals surface area contributed by atoms with Gasteiger partial charge in [-0.05, 0) is 303 Å². The first-order chi connectivity index (χ1) is 53.6. The zero-order valence-corrected chi connectivity index (χ0v) is 81.8. The van der Waals surface area contributed by atoms with Crippen molar-refractivity contribution in [3.63, 3.8) is 0 Å². The summed E-state index contributed by atoms with van der Waals surface area (Å²) in [7, 11) is 0. The average Bonchev–Trinajstić information content (AvgIpc) is 0.807. The molecule has 0 spiro atoms. The van der Waals surface area contributed by atoms with Gasteiger partial charge >= 0.3 is 5.97 Å². The number of carboxylic acids is 1. The first-order valence-corrected chi connectivity index (χ1v) is 39.8. The van der Waals surface area contributed by atoms with Crippen molar-refractivity contribution in [2.45, 2.75) is 226 Å². The third-order valence-corrected chi connectivity index (χ3v) is 21.8. The summed E-state index contributed by atoms with van der Waals surface area (Å²) in [6, 6.07) is 39.6. The molecule has 0 saturated heterocycles. The van der Waals surface area contributed by atoms with Crippen LogP contribution in [0.4, 0.5) is 0 Å². The van der Waals surface area contributed by atoms with E-state index in [9.17, 15) is 55.2 Å². The fourth-order valence-electron chi connectivity index (χ4n) is 15.9. The molecule has 14 nitrogen and oxygen atoms in total. The number of aromatic hydroxyl groups is 6. The summed E-state index contributed by atoms with van der Waals surface area (Å²) in [5, 5.41) is 103. The van der Waals surface area contributed by atoms with E-state index in [-0.39, 0.29) is 245 Å². The Morgan fingerprint density at radius 3 is 1.10 bits per heavy atom. The molecule has 656 valence electrons. The molecule has 0 heterocycles. The van der Waals surface area contributed by atoms with Gasteiger partial charge in [0.2, 0.25) is 0 Å². The molecule has 7 aromatic carbocycles. The van der Waals surface area contributed by atoms with Crippen LogP contribution in [0.15, 0.2) is 182 Å². The van der Waals surface area contributed by atoms with Crippen LogP contribution in [0.3, 0.4) is 0 Å². The molecule has 0 amide bonds. The first kappa shape index (κ1) is 117. The molecule has 14 rings (SSSR count). The van der Waals surface area contributed by atoms with Gasteiger partial charge in [0.1, 0.15) is 40.1 Å². The van der Waals surface area contributed by atoms with Crippen LogP contribution in [0.25, 0.3) is 39.0 Å². The first-order valence-electron chi connectivity index (χ1n) is 39.8. The van der Waals surface area contributed by atoms with Gasteiger partial charge in [-0.15, -0.1) is 83.9 Å². The molecule has 7 aliphatic carbocycles. The third-order valence-electron chi connectivity index (χ3n) is 21.8. The van der Waals surface area contributed by atoms with Crippen molar-refractivity contribution in [3.8, 4) is 34.5 Å². The number of carbonyl (C=O) groups excluding carboxylic acids is 2. The summed E-state index contributed by atoms with van der Waals surface area (Å²) in [6.07, 6.45) is 35.8. The Kier molecular flexibility index (Phi) is 56.8. The quantitative estimate of drug-likeness (QED) is 0.0401. The summed E-state index contributed by atoms with van der Waals surface area (Å²) in [5.41, 5.74) is 25.9. The van der Waals surface area contributed by atoms with Crippen molar-refractivity contribution >= 4 is 129 Å². The van der Waals surface area contributed by atoms with Gasteiger partial charge < -0.3 is 61.0 Å². The van der Waals surface area contributed by atoms with Gasteiger partial charge in [-0.1, -0.05) is 174 Å².